The lowest BCUT2D eigenvalue weighted by atomic mass is 9.98. The van der Waals surface area contributed by atoms with E-state index < -0.39 is 0 Å². The van der Waals surface area contributed by atoms with E-state index >= 15 is 0 Å². The molecule has 1 rings (SSSR count). The molecule has 0 saturated carbocycles. The zero-order valence-corrected chi connectivity index (χ0v) is 13.5. The summed E-state index contributed by atoms with van der Waals surface area (Å²) in [5.74, 6) is 1.14. The summed E-state index contributed by atoms with van der Waals surface area (Å²) in [6.45, 7) is 7.26. The lowest BCUT2D eigenvalue weighted by Gasteiger charge is -2.11. The predicted octanol–water partition coefficient (Wildman–Crippen LogP) is 5.10. The quantitative estimate of drug-likeness (QED) is 0.467. The maximum Gasteiger partial charge on any atom is 0.330 e. The van der Waals surface area contributed by atoms with Gasteiger partial charge in [0.2, 0.25) is 0 Å². The maximum atomic E-state index is 11.6. The molecule has 0 amide bonds. The van der Waals surface area contributed by atoms with Gasteiger partial charge in [0.15, 0.2) is 0 Å². The van der Waals surface area contributed by atoms with Crippen LogP contribution in [0.2, 0.25) is 0 Å². The van der Waals surface area contributed by atoms with Gasteiger partial charge in [0.05, 0.1) is 6.61 Å². The fourth-order valence-corrected chi connectivity index (χ4v) is 2.16. The zero-order chi connectivity index (χ0) is 15.5. The summed E-state index contributed by atoms with van der Waals surface area (Å²) in [4.78, 5) is 11.6. The van der Waals surface area contributed by atoms with Gasteiger partial charge in [-0.3, -0.25) is 0 Å². The topological polar surface area (TPSA) is 26.3 Å². The molecule has 2 heteroatoms. The van der Waals surface area contributed by atoms with E-state index in [4.69, 9.17) is 4.74 Å². The van der Waals surface area contributed by atoms with Gasteiger partial charge in [-0.15, -0.1) is 0 Å². The SMILES string of the molecule is CC(C)CCCC(C)CCOC(=O)/C=C/c1ccccc1. The summed E-state index contributed by atoms with van der Waals surface area (Å²) in [6.07, 6.45) is 8.00. The molecule has 0 spiro atoms. The molecule has 0 radical (unpaired) electrons. The Balaban J connectivity index is 2.14. The smallest absolute Gasteiger partial charge is 0.330 e. The van der Waals surface area contributed by atoms with Crippen LogP contribution in [0.5, 0.6) is 0 Å². The molecule has 116 valence electrons. The Morgan fingerprint density at radius 3 is 2.48 bits per heavy atom. The first kappa shape index (κ1) is 17.5. The van der Waals surface area contributed by atoms with Crippen molar-refractivity contribution in [2.75, 3.05) is 6.61 Å². The molecule has 2 nitrogen and oxygen atoms in total. The van der Waals surface area contributed by atoms with Crippen molar-refractivity contribution < 1.29 is 9.53 Å². The van der Waals surface area contributed by atoms with Gasteiger partial charge in [-0.25, -0.2) is 4.79 Å². The van der Waals surface area contributed by atoms with E-state index in [2.05, 4.69) is 20.8 Å². The van der Waals surface area contributed by atoms with E-state index in [9.17, 15) is 4.79 Å². The molecule has 0 N–H and O–H groups in total. The van der Waals surface area contributed by atoms with Gasteiger partial charge in [0.25, 0.3) is 0 Å². The summed E-state index contributed by atoms with van der Waals surface area (Å²) in [6, 6.07) is 9.77. The first-order chi connectivity index (χ1) is 10.1. The van der Waals surface area contributed by atoms with Crippen LogP contribution in [0.3, 0.4) is 0 Å². The summed E-state index contributed by atoms with van der Waals surface area (Å²) in [5, 5.41) is 0. The summed E-state index contributed by atoms with van der Waals surface area (Å²) >= 11 is 0. The fraction of sp³-hybridized carbons (Fsp3) is 0.526. The molecule has 1 unspecified atom stereocenters. The van der Waals surface area contributed by atoms with Gasteiger partial charge < -0.3 is 4.74 Å². The highest BCUT2D eigenvalue weighted by Gasteiger charge is 2.05. The second-order valence-electron chi connectivity index (χ2n) is 6.13. The van der Waals surface area contributed by atoms with E-state index in [1.807, 2.05) is 30.3 Å². The van der Waals surface area contributed by atoms with Crippen molar-refractivity contribution in [1.29, 1.82) is 0 Å². The summed E-state index contributed by atoms with van der Waals surface area (Å²) in [5.41, 5.74) is 1.01. The van der Waals surface area contributed by atoms with E-state index in [0.717, 1.165) is 17.9 Å². The molecule has 0 aliphatic carbocycles. The van der Waals surface area contributed by atoms with Crippen molar-refractivity contribution in [3.05, 3.63) is 42.0 Å². The van der Waals surface area contributed by atoms with Gasteiger partial charge in [-0.05, 0) is 29.9 Å². The highest BCUT2D eigenvalue weighted by Crippen LogP contribution is 2.15. The Hall–Kier alpha value is -1.57. The van der Waals surface area contributed by atoms with Crippen molar-refractivity contribution in [2.24, 2.45) is 11.8 Å². The first-order valence-corrected chi connectivity index (χ1v) is 7.98. The van der Waals surface area contributed by atoms with E-state index in [0.29, 0.717) is 12.5 Å². The van der Waals surface area contributed by atoms with Gasteiger partial charge in [0, 0.05) is 6.08 Å². The van der Waals surface area contributed by atoms with Crippen molar-refractivity contribution in [2.45, 2.75) is 46.5 Å². The molecule has 1 aromatic carbocycles. The highest BCUT2D eigenvalue weighted by atomic mass is 16.5. The molecule has 0 bridgehead atoms. The molecular weight excluding hydrogens is 260 g/mol. The fourth-order valence-electron chi connectivity index (χ4n) is 2.16. The minimum absolute atomic E-state index is 0.256. The van der Waals surface area contributed by atoms with Crippen molar-refractivity contribution in [1.82, 2.24) is 0 Å². The molecule has 0 fully saturated rings. The van der Waals surface area contributed by atoms with Crippen LogP contribution in [-0.2, 0) is 9.53 Å². The van der Waals surface area contributed by atoms with Crippen LogP contribution in [0.15, 0.2) is 36.4 Å². The van der Waals surface area contributed by atoms with Crippen molar-refractivity contribution in [3.8, 4) is 0 Å². The lowest BCUT2D eigenvalue weighted by Crippen LogP contribution is -2.06. The summed E-state index contributed by atoms with van der Waals surface area (Å²) < 4.78 is 5.24. The Morgan fingerprint density at radius 1 is 1.10 bits per heavy atom. The minimum atomic E-state index is -0.256. The number of hydrogen-bond donors (Lipinski definition) is 0. The van der Waals surface area contributed by atoms with E-state index in [-0.39, 0.29) is 5.97 Å². The van der Waals surface area contributed by atoms with Crippen LogP contribution in [0, 0.1) is 11.8 Å². The number of ether oxygens (including phenoxy) is 1. The van der Waals surface area contributed by atoms with Crippen LogP contribution in [0.25, 0.3) is 6.08 Å². The molecule has 0 saturated heterocycles. The van der Waals surface area contributed by atoms with E-state index in [1.165, 1.54) is 25.3 Å². The minimum Gasteiger partial charge on any atom is -0.463 e. The Kier molecular flexibility index (Phi) is 8.49. The van der Waals surface area contributed by atoms with Crippen LogP contribution in [0.1, 0.15) is 52.0 Å². The highest BCUT2D eigenvalue weighted by molar-refractivity contribution is 5.86. The van der Waals surface area contributed by atoms with E-state index in [1.54, 1.807) is 6.08 Å². The van der Waals surface area contributed by atoms with Crippen LogP contribution >= 0.6 is 0 Å². The first-order valence-electron chi connectivity index (χ1n) is 7.98. The van der Waals surface area contributed by atoms with Gasteiger partial charge in [-0.1, -0.05) is 70.4 Å². The molecule has 21 heavy (non-hydrogen) atoms. The monoisotopic (exact) mass is 288 g/mol. The second kappa shape index (κ2) is 10.2. The number of benzene rings is 1. The number of rotatable bonds is 9. The van der Waals surface area contributed by atoms with Gasteiger partial charge >= 0.3 is 5.97 Å². The molecule has 0 heterocycles. The van der Waals surface area contributed by atoms with Crippen molar-refractivity contribution >= 4 is 12.0 Å². The molecule has 0 aliphatic rings. The number of carbonyl (C=O) groups is 1. The Morgan fingerprint density at radius 2 is 1.81 bits per heavy atom. The predicted molar refractivity (Wildman–Crippen MR) is 88.9 cm³/mol. The Bertz CT molecular complexity index is 420. The number of esters is 1. The van der Waals surface area contributed by atoms with Crippen LogP contribution < -0.4 is 0 Å². The van der Waals surface area contributed by atoms with Crippen molar-refractivity contribution in [3.63, 3.8) is 0 Å². The standard InChI is InChI=1S/C19H28O2/c1-16(2)8-7-9-17(3)14-15-21-19(20)13-12-18-10-5-4-6-11-18/h4-6,10-13,16-17H,7-9,14-15H2,1-3H3/b13-12+. The van der Waals surface area contributed by atoms with Crippen LogP contribution in [-0.4, -0.2) is 12.6 Å². The third-order valence-corrected chi connectivity index (χ3v) is 3.54. The molecular formula is C19H28O2. The number of carbonyl (C=O) groups excluding carboxylic acids is 1. The third kappa shape index (κ3) is 9.06. The number of hydrogen-bond acceptors (Lipinski definition) is 2. The largest absolute Gasteiger partial charge is 0.463 e. The van der Waals surface area contributed by atoms with Gasteiger partial charge in [0.1, 0.15) is 0 Å². The van der Waals surface area contributed by atoms with Crippen LogP contribution in [0.4, 0.5) is 0 Å². The second-order valence-corrected chi connectivity index (χ2v) is 6.13. The average Bonchev–Trinajstić information content (AvgIpc) is 2.46. The summed E-state index contributed by atoms with van der Waals surface area (Å²) in [7, 11) is 0. The molecule has 0 aliphatic heterocycles. The third-order valence-electron chi connectivity index (χ3n) is 3.54. The Labute approximate surface area is 129 Å². The maximum absolute atomic E-state index is 11.6. The molecule has 1 aromatic rings. The normalized spacial score (nSPS) is 12.8. The molecule has 1 atom stereocenters. The lowest BCUT2D eigenvalue weighted by molar-refractivity contribution is -0.138. The zero-order valence-electron chi connectivity index (χ0n) is 13.5. The molecule has 0 aromatic heterocycles. The van der Waals surface area contributed by atoms with Gasteiger partial charge in [-0.2, -0.15) is 0 Å². The average molecular weight is 288 g/mol.